The lowest BCUT2D eigenvalue weighted by molar-refractivity contribution is -0.140. The smallest absolute Gasteiger partial charge is 0.338 e. The fraction of sp³-hybridized carbons (Fsp3) is 0.593. The Bertz CT molecular complexity index is 918. The van der Waals surface area contributed by atoms with Crippen LogP contribution in [0.2, 0.25) is 0 Å². The summed E-state index contributed by atoms with van der Waals surface area (Å²) in [5, 5.41) is 5.96. The van der Waals surface area contributed by atoms with Gasteiger partial charge in [0.1, 0.15) is 0 Å². The third-order valence-electron chi connectivity index (χ3n) is 6.57. The molecule has 3 rings (SSSR count). The molecule has 2 N–H and O–H groups in total. The molecule has 1 aromatic carbocycles. The van der Waals surface area contributed by atoms with Crippen molar-refractivity contribution in [3.8, 4) is 0 Å². The van der Waals surface area contributed by atoms with E-state index in [0.29, 0.717) is 42.4 Å². The topological polar surface area (TPSA) is 87.7 Å². The number of urea groups is 1. The summed E-state index contributed by atoms with van der Waals surface area (Å²) >= 11 is 0. The van der Waals surface area contributed by atoms with Crippen molar-refractivity contribution >= 4 is 23.6 Å². The van der Waals surface area contributed by atoms with Crippen molar-refractivity contribution in [2.24, 2.45) is 11.8 Å². The van der Waals surface area contributed by atoms with E-state index in [9.17, 15) is 14.4 Å². The van der Waals surface area contributed by atoms with Gasteiger partial charge in [-0.2, -0.15) is 0 Å². The van der Waals surface area contributed by atoms with Crippen molar-refractivity contribution in [1.82, 2.24) is 10.2 Å². The fourth-order valence-corrected chi connectivity index (χ4v) is 4.76. The lowest BCUT2D eigenvalue weighted by atomic mass is 9.94. The van der Waals surface area contributed by atoms with Crippen LogP contribution in [0, 0.1) is 11.8 Å². The highest BCUT2D eigenvalue weighted by molar-refractivity contribution is 5.95. The Balaban J connectivity index is 1.80. The van der Waals surface area contributed by atoms with Crippen molar-refractivity contribution in [2.45, 2.75) is 78.7 Å². The van der Waals surface area contributed by atoms with Gasteiger partial charge in [0.25, 0.3) is 0 Å². The van der Waals surface area contributed by atoms with E-state index in [1.807, 2.05) is 45.0 Å². The first-order valence-electron chi connectivity index (χ1n) is 12.7. The van der Waals surface area contributed by atoms with Crippen LogP contribution in [0.3, 0.4) is 0 Å². The van der Waals surface area contributed by atoms with Gasteiger partial charge in [0.15, 0.2) is 0 Å². The SMILES string of the molecule is CCCN1C(=O)NC(c2cccc(NC(=O)CCC3CCCC3)c2)C(C(=O)OCC(C)C)=C1C. The van der Waals surface area contributed by atoms with Crippen LogP contribution >= 0.6 is 0 Å². The molecule has 0 spiro atoms. The number of benzene rings is 1. The summed E-state index contributed by atoms with van der Waals surface area (Å²) < 4.78 is 5.56. The molecule has 1 fully saturated rings. The molecule has 1 aromatic rings. The molecule has 0 bridgehead atoms. The number of nitrogens with one attached hydrogen (secondary N) is 2. The quantitative estimate of drug-likeness (QED) is 0.440. The van der Waals surface area contributed by atoms with Crippen LogP contribution in [0.5, 0.6) is 0 Å². The van der Waals surface area contributed by atoms with Gasteiger partial charge in [-0.3, -0.25) is 9.69 Å². The van der Waals surface area contributed by atoms with E-state index in [1.54, 1.807) is 11.8 Å². The summed E-state index contributed by atoms with van der Waals surface area (Å²) in [4.78, 5) is 40.1. The predicted molar refractivity (Wildman–Crippen MR) is 133 cm³/mol. The predicted octanol–water partition coefficient (Wildman–Crippen LogP) is 5.55. The Morgan fingerprint density at radius 1 is 1.24 bits per heavy atom. The zero-order valence-electron chi connectivity index (χ0n) is 21.0. The fourth-order valence-electron chi connectivity index (χ4n) is 4.76. The summed E-state index contributed by atoms with van der Waals surface area (Å²) in [6, 6.07) is 6.47. The van der Waals surface area contributed by atoms with Crippen LogP contribution < -0.4 is 10.6 Å². The number of carbonyl (C=O) groups excluding carboxylic acids is 3. The van der Waals surface area contributed by atoms with E-state index in [4.69, 9.17) is 4.74 Å². The van der Waals surface area contributed by atoms with Crippen molar-refractivity contribution in [3.63, 3.8) is 0 Å². The highest BCUT2D eigenvalue weighted by atomic mass is 16.5. The first-order valence-corrected chi connectivity index (χ1v) is 12.7. The standard InChI is InChI=1S/C27H39N3O4/c1-5-15-30-19(4)24(26(32)34-17-18(2)3)25(29-27(30)33)21-11-8-12-22(16-21)28-23(31)14-13-20-9-6-7-10-20/h8,11-12,16,18,20,25H,5-7,9-10,13-15,17H2,1-4H3,(H,28,31)(H,29,33). The molecule has 3 amide bonds. The maximum atomic E-state index is 13.1. The zero-order chi connectivity index (χ0) is 24.7. The second-order valence-electron chi connectivity index (χ2n) is 9.89. The minimum atomic E-state index is -0.643. The average molecular weight is 470 g/mol. The molecule has 1 aliphatic heterocycles. The highest BCUT2D eigenvalue weighted by Gasteiger charge is 2.36. The number of hydrogen-bond donors (Lipinski definition) is 2. The number of nitrogens with zero attached hydrogens (tertiary/aromatic N) is 1. The number of esters is 1. The second kappa shape index (κ2) is 12.0. The van der Waals surface area contributed by atoms with Gasteiger partial charge < -0.3 is 15.4 Å². The zero-order valence-corrected chi connectivity index (χ0v) is 21.0. The molecule has 1 atom stereocenters. The van der Waals surface area contributed by atoms with Gasteiger partial charge in [-0.1, -0.05) is 58.6 Å². The van der Waals surface area contributed by atoms with E-state index < -0.39 is 12.0 Å². The van der Waals surface area contributed by atoms with Crippen LogP contribution in [-0.2, 0) is 14.3 Å². The molecular weight excluding hydrogens is 430 g/mol. The molecule has 0 aromatic heterocycles. The van der Waals surface area contributed by atoms with Gasteiger partial charge in [0, 0.05) is 24.4 Å². The first-order chi connectivity index (χ1) is 16.3. The van der Waals surface area contributed by atoms with Crippen molar-refractivity contribution in [1.29, 1.82) is 0 Å². The summed E-state index contributed by atoms with van der Waals surface area (Å²) in [6.45, 7) is 8.57. The number of anilines is 1. The van der Waals surface area contributed by atoms with E-state index in [2.05, 4.69) is 10.6 Å². The Morgan fingerprint density at radius 3 is 2.65 bits per heavy atom. The lowest BCUT2D eigenvalue weighted by Gasteiger charge is -2.35. The van der Waals surface area contributed by atoms with Crippen LogP contribution in [0.25, 0.3) is 0 Å². The Hall–Kier alpha value is -2.83. The highest BCUT2D eigenvalue weighted by Crippen LogP contribution is 2.33. The van der Waals surface area contributed by atoms with Gasteiger partial charge in [-0.15, -0.1) is 0 Å². The van der Waals surface area contributed by atoms with Crippen molar-refractivity contribution in [3.05, 3.63) is 41.1 Å². The van der Waals surface area contributed by atoms with Crippen LogP contribution in [0.15, 0.2) is 35.5 Å². The van der Waals surface area contributed by atoms with E-state index >= 15 is 0 Å². The molecule has 34 heavy (non-hydrogen) atoms. The van der Waals surface area contributed by atoms with Gasteiger partial charge >= 0.3 is 12.0 Å². The summed E-state index contributed by atoms with van der Waals surface area (Å²) in [7, 11) is 0. The number of allylic oxidation sites excluding steroid dienone is 1. The number of rotatable bonds is 10. The number of hydrogen-bond acceptors (Lipinski definition) is 4. The molecule has 2 aliphatic rings. The maximum Gasteiger partial charge on any atom is 0.338 e. The second-order valence-corrected chi connectivity index (χ2v) is 9.89. The molecule has 0 saturated heterocycles. The third-order valence-corrected chi connectivity index (χ3v) is 6.57. The molecule has 7 nitrogen and oxygen atoms in total. The molecule has 1 saturated carbocycles. The summed E-state index contributed by atoms with van der Waals surface area (Å²) in [5.74, 6) is 0.432. The largest absolute Gasteiger partial charge is 0.462 e. The number of carbonyl (C=O) groups is 3. The van der Waals surface area contributed by atoms with Crippen LogP contribution in [0.1, 0.15) is 84.2 Å². The van der Waals surface area contributed by atoms with Crippen molar-refractivity contribution < 1.29 is 19.1 Å². The van der Waals surface area contributed by atoms with Crippen LogP contribution in [0.4, 0.5) is 10.5 Å². The minimum absolute atomic E-state index is 0.00543. The molecule has 1 heterocycles. The Kier molecular flexibility index (Phi) is 9.13. The Labute approximate surface area is 203 Å². The molecule has 1 aliphatic carbocycles. The number of ether oxygens (including phenoxy) is 1. The summed E-state index contributed by atoms with van der Waals surface area (Å²) in [6.07, 6.45) is 7.18. The first kappa shape index (κ1) is 25.8. The van der Waals surface area contributed by atoms with Gasteiger partial charge in [0.05, 0.1) is 18.2 Å². The average Bonchev–Trinajstić information content (AvgIpc) is 3.32. The molecular formula is C27H39N3O4. The molecule has 7 heteroatoms. The number of amides is 3. The van der Waals surface area contributed by atoms with Crippen molar-refractivity contribution in [2.75, 3.05) is 18.5 Å². The maximum absolute atomic E-state index is 13.1. The van der Waals surface area contributed by atoms with E-state index in [1.165, 1.54) is 25.7 Å². The molecule has 0 radical (unpaired) electrons. The molecule has 186 valence electrons. The minimum Gasteiger partial charge on any atom is -0.462 e. The molecule has 1 unspecified atom stereocenters. The van der Waals surface area contributed by atoms with E-state index in [0.717, 1.165) is 18.4 Å². The van der Waals surface area contributed by atoms with Gasteiger partial charge in [0.2, 0.25) is 5.91 Å². The van der Waals surface area contributed by atoms with Crippen LogP contribution in [-0.4, -0.2) is 36.0 Å². The monoisotopic (exact) mass is 469 g/mol. The summed E-state index contributed by atoms with van der Waals surface area (Å²) in [5.41, 5.74) is 2.43. The normalized spacial score (nSPS) is 18.9. The third kappa shape index (κ3) is 6.61. The Morgan fingerprint density at radius 2 is 1.97 bits per heavy atom. The van der Waals surface area contributed by atoms with Gasteiger partial charge in [-0.25, -0.2) is 9.59 Å². The lowest BCUT2D eigenvalue weighted by Crippen LogP contribution is -2.48. The van der Waals surface area contributed by atoms with E-state index in [-0.39, 0.29) is 17.9 Å². The van der Waals surface area contributed by atoms with Gasteiger partial charge in [-0.05, 0) is 49.3 Å².